The molecule has 1 N–H and O–H groups in total. The third-order valence-electron chi connectivity index (χ3n) is 2.45. The number of hydrogen-bond donors (Lipinski definition) is 1. The van der Waals surface area contributed by atoms with Crippen molar-refractivity contribution < 1.29 is 4.74 Å². The molecule has 0 spiro atoms. The van der Waals surface area contributed by atoms with Crippen LogP contribution >= 0.6 is 0 Å². The summed E-state index contributed by atoms with van der Waals surface area (Å²) in [6.07, 6.45) is 2.35. The molecule has 2 fully saturated rings. The highest BCUT2D eigenvalue weighted by atomic mass is 16.5. The lowest BCUT2D eigenvalue weighted by molar-refractivity contribution is 0.0433. The van der Waals surface area contributed by atoms with E-state index in [2.05, 4.69) is 16.3 Å². The van der Waals surface area contributed by atoms with Gasteiger partial charge in [-0.1, -0.05) is 6.08 Å². The number of nitrogens with zero attached hydrogens (tertiary/aromatic N) is 1. The third kappa shape index (κ3) is 2.06. The molecular weight excluding hydrogens is 152 g/mol. The summed E-state index contributed by atoms with van der Waals surface area (Å²) in [4.78, 5) is 2.44. The predicted molar refractivity (Wildman–Crippen MR) is 48.2 cm³/mol. The summed E-state index contributed by atoms with van der Waals surface area (Å²) in [6.45, 7) is 7.31. The van der Waals surface area contributed by atoms with E-state index >= 15 is 0 Å². The maximum Gasteiger partial charge on any atom is 0.0594 e. The molecule has 0 unspecified atom stereocenters. The van der Waals surface area contributed by atoms with Gasteiger partial charge in [0.1, 0.15) is 0 Å². The summed E-state index contributed by atoms with van der Waals surface area (Å²) in [5.74, 6) is 0. The van der Waals surface area contributed by atoms with Gasteiger partial charge >= 0.3 is 0 Å². The standard InChI is InChI=1S/C9H16N2O/c1(9-7-10-8-9)2-11-3-5-12-6-4-11/h1,10H,2-8H2. The number of hydrogen-bond acceptors (Lipinski definition) is 3. The van der Waals surface area contributed by atoms with E-state index in [-0.39, 0.29) is 0 Å². The maximum absolute atomic E-state index is 5.27. The van der Waals surface area contributed by atoms with Crippen LogP contribution in [-0.4, -0.2) is 50.8 Å². The molecule has 2 aliphatic rings. The van der Waals surface area contributed by atoms with Crippen molar-refractivity contribution in [3.8, 4) is 0 Å². The summed E-state index contributed by atoms with van der Waals surface area (Å²) >= 11 is 0. The summed E-state index contributed by atoms with van der Waals surface area (Å²) in [5.41, 5.74) is 1.56. The average Bonchev–Trinajstić information content (AvgIpc) is 2.04. The van der Waals surface area contributed by atoms with Crippen molar-refractivity contribution in [1.29, 1.82) is 0 Å². The number of ether oxygens (including phenoxy) is 1. The highest BCUT2D eigenvalue weighted by Gasteiger charge is 2.10. The van der Waals surface area contributed by atoms with Crippen LogP contribution in [0.4, 0.5) is 0 Å². The van der Waals surface area contributed by atoms with Gasteiger partial charge in [-0.25, -0.2) is 0 Å². The Morgan fingerprint density at radius 1 is 1.33 bits per heavy atom. The van der Waals surface area contributed by atoms with Crippen molar-refractivity contribution in [3.63, 3.8) is 0 Å². The Kier molecular flexibility index (Phi) is 2.76. The fourth-order valence-corrected chi connectivity index (χ4v) is 1.46. The smallest absolute Gasteiger partial charge is 0.0594 e. The minimum Gasteiger partial charge on any atom is -0.379 e. The van der Waals surface area contributed by atoms with Crippen LogP contribution in [0.3, 0.4) is 0 Å². The molecule has 0 aromatic heterocycles. The molecule has 0 amide bonds. The van der Waals surface area contributed by atoms with Crippen LogP contribution in [0.1, 0.15) is 0 Å². The Balaban J connectivity index is 1.70. The first-order valence-electron chi connectivity index (χ1n) is 4.64. The maximum atomic E-state index is 5.27. The highest BCUT2D eigenvalue weighted by molar-refractivity contribution is 5.14. The Morgan fingerprint density at radius 3 is 2.67 bits per heavy atom. The van der Waals surface area contributed by atoms with Gasteiger partial charge in [-0.2, -0.15) is 0 Å². The molecule has 2 saturated heterocycles. The van der Waals surface area contributed by atoms with Gasteiger partial charge in [0, 0.05) is 32.7 Å². The second kappa shape index (κ2) is 4.03. The number of nitrogens with one attached hydrogen (secondary N) is 1. The molecule has 0 bridgehead atoms. The summed E-state index contributed by atoms with van der Waals surface area (Å²) in [5, 5.41) is 3.24. The summed E-state index contributed by atoms with van der Waals surface area (Å²) < 4.78 is 5.27. The predicted octanol–water partition coefficient (Wildman–Crippen LogP) is -0.152. The quantitative estimate of drug-likeness (QED) is 0.580. The van der Waals surface area contributed by atoms with Crippen LogP contribution in [0.5, 0.6) is 0 Å². The van der Waals surface area contributed by atoms with Crippen LogP contribution in [0.25, 0.3) is 0 Å². The van der Waals surface area contributed by atoms with E-state index in [1.807, 2.05) is 0 Å². The normalized spacial score (nSPS) is 25.2. The van der Waals surface area contributed by atoms with Gasteiger partial charge in [0.2, 0.25) is 0 Å². The Morgan fingerprint density at radius 2 is 2.08 bits per heavy atom. The van der Waals surface area contributed by atoms with Gasteiger partial charge in [0.05, 0.1) is 13.2 Å². The van der Waals surface area contributed by atoms with Gasteiger partial charge in [-0.05, 0) is 5.57 Å². The van der Waals surface area contributed by atoms with Crippen LogP contribution in [-0.2, 0) is 4.74 Å². The molecule has 0 aromatic carbocycles. The molecule has 2 rings (SSSR count). The second-order valence-corrected chi connectivity index (χ2v) is 3.38. The lowest BCUT2D eigenvalue weighted by Crippen LogP contribution is -2.38. The van der Waals surface area contributed by atoms with Crippen molar-refractivity contribution in [2.24, 2.45) is 0 Å². The number of morpholine rings is 1. The van der Waals surface area contributed by atoms with E-state index in [1.54, 1.807) is 5.57 Å². The zero-order valence-electron chi connectivity index (χ0n) is 7.38. The fourth-order valence-electron chi connectivity index (χ4n) is 1.46. The molecule has 0 aliphatic carbocycles. The van der Waals surface area contributed by atoms with E-state index in [1.165, 1.54) is 0 Å². The molecule has 3 heteroatoms. The monoisotopic (exact) mass is 168 g/mol. The molecule has 0 radical (unpaired) electrons. The summed E-state index contributed by atoms with van der Waals surface area (Å²) in [7, 11) is 0. The highest BCUT2D eigenvalue weighted by Crippen LogP contribution is 2.02. The molecule has 0 atom stereocenters. The topological polar surface area (TPSA) is 24.5 Å². The SMILES string of the molecule is C(CN1CCOCC1)=C1CNC1. The molecule has 12 heavy (non-hydrogen) atoms. The van der Waals surface area contributed by atoms with Crippen LogP contribution in [0.15, 0.2) is 11.6 Å². The van der Waals surface area contributed by atoms with Crippen molar-refractivity contribution in [2.75, 3.05) is 45.9 Å². The average molecular weight is 168 g/mol. The molecule has 0 aromatic rings. The molecule has 0 saturated carbocycles. The van der Waals surface area contributed by atoms with Crippen molar-refractivity contribution in [1.82, 2.24) is 10.2 Å². The van der Waals surface area contributed by atoms with Gasteiger partial charge in [0.25, 0.3) is 0 Å². The zero-order chi connectivity index (χ0) is 8.23. The minimum absolute atomic E-state index is 0.904. The van der Waals surface area contributed by atoms with E-state index in [9.17, 15) is 0 Å². The number of rotatable bonds is 2. The van der Waals surface area contributed by atoms with Gasteiger partial charge in [-0.3, -0.25) is 4.90 Å². The Bertz CT molecular complexity index is 167. The molecule has 2 aliphatic heterocycles. The van der Waals surface area contributed by atoms with Crippen molar-refractivity contribution >= 4 is 0 Å². The third-order valence-corrected chi connectivity index (χ3v) is 2.45. The lowest BCUT2D eigenvalue weighted by Gasteiger charge is -2.26. The second-order valence-electron chi connectivity index (χ2n) is 3.38. The Hall–Kier alpha value is -0.380. The van der Waals surface area contributed by atoms with E-state index < -0.39 is 0 Å². The van der Waals surface area contributed by atoms with E-state index in [0.29, 0.717) is 0 Å². The Labute approximate surface area is 73.4 Å². The molecule has 68 valence electrons. The first-order chi connectivity index (χ1) is 5.95. The van der Waals surface area contributed by atoms with Crippen LogP contribution in [0, 0.1) is 0 Å². The molecular formula is C9H16N2O. The van der Waals surface area contributed by atoms with Gasteiger partial charge in [-0.15, -0.1) is 0 Å². The molecule has 3 nitrogen and oxygen atoms in total. The van der Waals surface area contributed by atoms with Crippen LogP contribution < -0.4 is 5.32 Å². The molecule has 2 heterocycles. The van der Waals surface area contributed by atoms with E-state index in [0.717, 1.165) is 45.9 Å². The van der Waals surface area contributed by atoms with Crippen molar-refractivity contribution in [2.45, 2.75) is 0 Å². The first-order valence-corrected chi connectivity index (χ1v) is 4.64. The van der Waals surface area contributed by atoms with Gasteiger partial charge in [0.15, 0.2) is 0 Å². The van der Waals surface area contributed by atoms with Crippen LogP contribution in [0.2, 0.25) is 0 Å². The lowest BCUT2D eigenvalue weighted by atomic mass is 10.1. The minimum atomic E-state index is 0.904. The van der Waals surface area contributed by atoms with Gasteiger partial charge < -0.3 is 10.1 Å². The van der Waals surface area contributed by atoms with E-state index in [4.69, 9.17) is 4.74 Å². The largest absolute Gasteiger partial charge is 0.379 e. The van der Waals surface area contributed by atoms with Crippen molar-refractivity contribution in [3.05, 3.63) is 11.6 Å². The first kappa shape index (κ1) is 8.23. The summed E-state index contributed by atoms with van der Waals surface area (Å²) in [6, 6.07) is 0. The fraction of sp³-hybridized carbons (Fsp3) is 0.778. The zero-order valence-corrected chi connectivity index (χ0v) is 7.38.